The molecule has 1 unspecified atom stereocenters. The molecule has 0 bridgehead atoms. The highest BCUT2D eigenvalue weighted by Gasteiger charge is 2.20. The Morgan fingerprint density at radius 1 is 1.31 bits per heavy atom. The molecule has 3 heterocycles. The Balaban J connectivity index is 1.52. The minimum absolute atomic E-state index is 0.0399. The Labute approximate surface area is 155 Å². The Hall–Kier alpha value is -2.67. The summed E-state index contributed by atoms with van der Waals surface area (Å²) in [7, 11) is 0. The Bertz CT molecular complexity index is 983. The van der Waals surface area contributed by atoms with E-state index in [-0.39, 0.29) is 18.4 Å². The van der Waals surface area contributed by atoms with Gasteiger partial charge in [0.05, 0.1) is 29.2 Å². The molecule has 134 valence electrons. The molecule has 1 atom stereocenters. The first-order chi connectivity index (χ1) is 12.6. The van der Waals surface area contributed by atoms with Crippen LogP contribution in [0.1, 0.15) is 37.8 Å². The molecule has 0 saturated heterocycles. The number of nitrogens with one attached hydrogen (secondary N) is 2. The highest BCUT2D eigenvalue weighted by Crippen LogP contribution is 2.22. The second-order valence-corrected chi connectivity index (χ2v) is 7.76. The van der Waals surface area contributed by atoms with Crippen LogP contribution in [0.15, 0.2) is 42.0 Å². The van der Waals surface area contributed by atoms with Crippen molar-refractivity contribution in [2.75, 3.05) is 0 Å². The van der Waals surface area contributed by atoms with Gasteiger partial charge in [-0.25, -0.2) is 9.97 Å². The first kappa shape index (κ1) is 16.8. The fourth-order valence-electron chi connectivity index (χ4n) is 3.12. The van der Waals surface area contributed by atoms with Crippen LogP contribution < -0.4 is 5.32 Å². The molecule has 0 spiro atoms. The molecular weight excluding hydrogens is 346 g/mol. The number of H-pyrrole nitrogens is 1. The van der Waals surface area contributed by atoms with Crippen molar-refractivity contribution in [1.29, 1.82) is 0 Å². The van der Waals surface area contributed by atoms with Crippen molar-refractivity contribution >= 4 is 33.2 Å². The van der Waals surface area contributed by atoms with Crippen molar-refractivity contribution in [2.45, 2.75) is 32.7 Å². The summed E-state index contributed by atoms with van der Waals surface area (Å²) < 4.78 is 1.94. The molecule has 4 rings (SSSR count). The molecule has 2 N–H and O–H groups in total. The lowest BCUT2D eigenvalue weighted by Crippen LogP contribution is -2.31. The minimum atomic E-state index is -0.140. The largest absolute Gasteiger partial charge is 0.346 e. The van der Waals surface area contributed by atoms with E-state index in [0.29, 0.717) is 5.92 Å². The molecule has 6 nitrogen and oxygen atoms in total. The van der Waals surface area contributed by atoms with Crippen LogP contribution in [-0.4, -0.2) is 25.3 Å². The van der Waals surface area contributed by atoms with Crippen LogP contribution >= 0.6 is 11.3 Å². The topological polar surface area (TPSA) is 75.1 Å². The summed E-state index contributed by atoms with van der Waals surface area (Å²) in [5.74, 6) is 1.20. The van der Waals surface area contributed by atoms with Crippen molar-refractivity contribution in [3.05, 3.63) is 53.6 Å². The fraction of sp³-hybridized carbons (Fsp3) is 0.316. The predicted octanol–water partition coefficient (Wildman–Crippen LogP) is 3.72. The molecule has 1 amide bonds. The van der Waals surface area contributed by atoms with Gasteiger partial charge in [-0.15, -0.1) is 11.3 Å². The van der Waals surface area contributed by atoms with Crippen LogP contribution in [0, 0.1) is 5.92 Å². The quantitative estimate of drug-likeness (QED) is 0.545. The van der Waals surface area contributed by atoms with Gasteiger partial charge in [0, 0.05) is 17.8 Å². The number of carbonyl (C=O) groups is 1. The normalized spacial score (nSPS) is 12.9. The van der Waals surface area contributed by atoms with E-state index >= 15 is 0 Å². The maximum absolute atomic E-state index is 12.6. The lowest BCUT2D eigenvalue weighted by molar-refractivity contribution is -0.121. The van der Waals surface area contributed by atoms with E-state index in [0.717, 1.165) is 33.9 Å². The maximum Gasteiger partial charge on any atom is 0.226 e. The van der Waals surface area contributed by atoms with Gasteiger partial charge in [0.15, 0.2) is 4.96 Å². The van der Waals surface area contributed by atoms with Crippen LogP contribution in [-0.2, 0) is 11.2 Å². The molecule has 0 aliphatic carbocycles. The number of amides is 1. The number of carbonyl (C=O) groups excluding carboxylic acids is 1. The van der Waals surface area contributed by atoms with Crippen molar-refractivity contribution in [1.82, 2.24) is 24.7 Å². The first-order valence-electron chi connectivity index (χ1n) is 8.73. The monoisotopic (exact) mass is 367 g/mol. The number of aromatic amines is 1. The number of para-hydroxylation sites is 2. The van der Waals surface area contributed by atoms with Gasteiger partial charge in [0.2, 0.25) is 5.91 Å². The van der Waals surface area contributed by atoms with E-state index in [4.69, 9.17) is 0 Å². The van der Waals surface area contributed by atoms with Gasteiger partial charge in [0.25, 0.3) is 0 Å². The SMILES string of the molecule is CC(C)CC(NC(=O)Cc1cn2ccsc2n1)c1nc2ccccc2[nH]1. The number of aromatic nitrogens is 4. The third-order valence-corrected chi connectivity index (χ3v) is 5.04. The van der Waals surface area contributed by atoms with Gasteiger partial charge >= 0.3 is 0 Å². The van der Waals surface area contributed by atoms with Crippen LogP contribution in [0.25, 0.3) is 16.0 Å². The van der Waals surface area contributed by atoms with Gasteiger partial charge in [-0.2, -0.15) is 0 Å². The Kier molecular flexibility index (Phi) is 4.46. The number of fused-ring (bicyclic) bond motifs is 2. The average Bonchev–Trinajstić information content (AvgIpc) is 3.26. The third kappa shape index (κ3) is 3.48. The zero-order valence-electron chi connectivity index (χ0n) is 14.8. The zero-order chi connectivity index (χ0) is 18.1. The number of nitrogens with zero attached hydrogens (tertiary/aromatic N) is 3. The van der Waals surface area contributed by atoms with Crippen molar-refractivity contribution in [2.24, 2.45) is 5.92 Å². The number of thiazole rings is 1. The van der Waals surface area contributed by atoms with E-state index < -0.39 is 0 Å². The summed E-state index contributed by atoms with van der Waals surface area (Å²) in [5.41, 5.74) is 2.68. The van der Waals surface area contributed by atoms with Crippen LogP contribution in [0.3, 0.4) is 0 Å². The first-order valence-corrected chi connectivity index (χ1v) is 9.61. The van der Waals surface area contributed by atoms with E-state index in [1.165, 1.54) is 0 Å². The van der Waals surface area contributed by atoms with Crippen LogP contribution in [0.5, 0.6) is 0 Å². The van der Waals surface area contributed by atoms with Crippen molar-refractivity contribution in [3.8, 4) is 0 Å². The zero-order valence-corrected chi connectivity index (χ0v) is 15.6. The summed E-state index contributed by atoms with van der Waals surface area (Å²) in [5, 5.41) is 5.11. The summed E-state index contributed by atoms with van der Waals surface area (Å²) in [6.45, 7) is 4.29. The molecule has 0 fully saturated rings. The molecule has 0 aliphatic rings. The molecule has 7 heteroatoms. The number of imidazole rings is 2. The molecule has 4 aromatic rings. The van der Waals surface area contributed by atoms with E-state index in [1.54, 1.807) is 11.3 Å². The van der Waals surface area contributed by atoms with Gasteiger partial charge in [-0.3, -0.25) is 9.20 Å². The Morgan fingerprint density at radius 2 is 2.15 bits per heavy atom. The van der Waals surface area contributed by atoms with Gasteiger partial charge < -0.3 is 10.3 Å². The lowest BCUT2D eigenvalue weighted by Gasteiger charge is -2.18. The molecule has 0 radical (unpaired) electrons. The summed E-state index contributed by atoms with van der Waals surface area (Å²) in [6.07, 6.45) is 4.95. The lowest BCUT2D eigenvalue weighted by atomic mass is 10.0. The number of benzene rings is 1. The second-order valence-electron chi connectivity index (χ2n) is 6.89. The highest BCUT2D eigenvalue weighted by atomic mass is 32.1. The molecule has 0 aliphatic heterocycles. The van der Waals surface area contributed by atoms with Crippen molar-refractivity contribution in [3.63, 3.8) is 0 Å². The van der Waals surface area contributed by atoms with Gasteiger partial charge in [0.1, 0.15) is 5.82 Å². The summed E-state index contributed by atoms with van der Waals surface area (Å²) >= 11 is 1.56. The minimum Gasteiger partial charge on any atom is -0.346 e. The smallest absolute Gasteiger partial charge is 0.226 e. The van der Waals surface area contributed by atoms with Gasteiger partial charge in [-0.05, 0) is 24.5 Å². The fourth-order valence-corrected chi connectivity index (χ4v) is 3.84. The number of rotatable bonds is 6. The van der Waals surface area contributed by atoms with E-state index in [1.807, 2.05) is 46.4 Å². The number of hydrogen-bond donors (Lipinski definition) is 2. The molecule has 1 aromatic carbocycles. The van der Waals surface area contributed by atoms with E-state index in [2.05, 4.69) is 34.1 Å². The van der Waals surface area contributed by atoms with Gasteiger partial charge in [-0.1, -0.05) is 26.0 Å². The second kappa shape index (κ2) is 6.92. The number of hydrogen-bond acceptors (Lipinski definition) is 4. The molecule has 0 saturated carbocycles. The molecule has 3 aromatic heterocycles. The average molecular weight is 367 g/mol. The maximum atomic E-state index is 12.6. The summed E-state index contributed by atoms with van der Waals surface area (Å²) in [4.78, 5) is 26.0. The van der Waals surface area contributed by atoms with Crippen molar-refractivity contribution < 1.29 is 4.79 Å². The van der Waals surface area contributed by atoms with E-state index in [9.17, 15) is 4.79 Å². The van der Waals surface area contributed by atoms with Crippen LogP contribution in [0.4, 0.5) is 0 Å². The summed E-state index contributed by atoms with van der Waals surface area (Å²) in [6, 6.07) is 7.77. The standard InChI is InChI=1S/C19H21N5OS/c1-12(2)9-16(18-22-14-5-3-4-6-15(14)23-18)21-17(25)10-13-11-24-7-8-26-19(24)20-13/h3-8,11-12,16H,9-10H2,1-2H3,(H,21,25)(H,22,23). The third-order valence-electron chi connectivity index (χ3n) is 4.26. The van der Waals surface area contributed by atoms with Crippen LogP contribution in [0.2, 0.25) is 0 Å². The molecular formula is C19H21N5OS. The molecule has 26 heavy (non-hydrogen) atoms. The Morgan fingerprint density at radius 3 is 2.92 bits per heavy atom. The highest BCUT2D eigenvalue weighted by molar-refractivity contribution is 7.15. The predicted molar refractivity (Wildman–Crippen MR) is 103 cm³/mol.